The fourth-order valence-corrected chi connectivity index (χ4v) is 3.17. The van der Waals surface area contributed by atoms with Crippen molar-refractivity contribution in [3.05, 3.63) is 30.3 Å². The molecule has 123 valence electrons. The molecule has 0 nitrogen and oxygen atoms in total. The standard InChI is InChI=1S/C21H36B/c1-3-5-7-9-12-16-20(17-13-10-8-6-4-2)22-21-18-14-11-15-19-21/h11,14-15,18-20H,3-10,12-13,16-17H2,1-2H3. The van der Waals surface area contributed by atoms with Gasteiger partial charge in [-0.1, -0.05) is 133 Å². The van der Waals surface area contributed by atoms with E-state index in [0.29, 0.717) is 0 Å². The zero-order valence-corrected chi connectivity index (χ0v) is 15.0. The maximum Gasteiger partial charge on any atom is 0.154 e. The molecular formula is C21H36B. The lowest BCUT2D eigenvalue weighted by Gasteiger charge is -2.16. The van der Waals surface area contributed by atoms with Gasteiger partial charge in [0.05, 0.1) is 0 Å². The predicted octanol–water partition coefficient (Wildman–Crippen LogP) is 6.53. The summed E-state index contributed by atoms with van der Waals surface area (Å²) in [6, 6.07) is 10.9. The average Bonchev–Trinajstić information content (AvgIpc) is 2.55. The van der Waals surface area contributed by atoms with Crippen molar-refractivity contribution >= 4 is 12.7 Å². The maximum atomic E-state index is 2.53. The van der Waals surface area contributed by atoms with E-state index in [4.69, 9.17) is 0 Å². The van der Waals surface area contributed by atoms with Crippen LogP contribution in [-0.4, -0.2) is 7.28 Å². The van der Waals surface area contributed by atoms with Gasteiger partial charge in [-0.15, -0.1) is 0 Å². The lowest BCUT2D eigenvalue weighted by atomic mass is 9.56. The van der Waals surface area contributed by atoms with Crippen molar-refractivity contribution in [2.75, 3.05) is 0 Å². The van der Waals surface area contributed by atoms with E-state index < -0.39 is 0 Å². The summed E-state index contributed by atoms with van der Waals surface area (Å²) in [7, 11) is 2.53. The Morgan fingerprint density at radius 3 is 1.68 bits per heavy atom. The van der Waals surface area contributed by atoms with Gasteiger partial charge in [0.2, 0.25) is 0 Å². The van der Waals surface area contributed by atoms with Crippen LogP contribution >= 0.6 is 0 Å². The molecule has 0 aliphatic heterocycles. The summed E-state index contributed by atoms with van der Waals surface area (Å²) in [4.78, 5) is 0. The SMILES string of the molecule is CCCCCCCC([B]c1ccccc1)CCCCCCC. The first kappa shape index (κ1) is 19.3. The second kappa shape index (κ2) is 13.9. The molecule has 0 aliphatic rings. The van der Waals surface area contributed by atoms with Crippen LogP contribution in [-0.2, 0) is 0 Å². The summed E-state index contributed by atoms with van der Waals surface area (Å²) < 4.78 is 0. The van der Waals surface area contributed by atoms with E-state index in [-0.39, 0.29) is 0 Å². The van der Waals surface area contributed by atoms with Gasteiger partial charge in [0.15, 0.2) is 7.28 Å². The van der Waals surface area contributed by atoms with Crippen LogP contribution in [0, 0.1) is 0 Å². The molecule has 0 heterocycles. The quantitative estimate of drug-likeness (QED) is 0.271. The van der Waals surface area contributed by atoms with Gasteiger partial charge in [0.25, 0.3) is 0 Å². The summed E-state index contributed by atoms with van der Waals surface area (Å²) >= 11 is 0. The van der Waals surface area contributed by atoms with Gasteiger partial charge in [0, 0.05) is 0 Å². The summed E-state index contributed by atoms with van der Waals surface area (Å²) in [5, 5.41) is 0. The second-order valence-corrected chi connectivity index (χ2v) is 6.74. The fraction of sp³-hybridized carbons (Fsp3) is 0.714. The van der Waals surface area contributed by atoms with E-state index in [2.05, 4.69) is 51.5 Å². The Balaban J connectivity index is 2.29. The van der Waals surface area contributed by atoms with Crippen LogP contribution < -0.4 is 5.46 Å². The molecule has 1 radical (unpaired) electrons. The van der Waals surface area contributed by atoms with Crippen molar-refractivity contribution in [3.8, 4) is 0 Å². The molecule has 0 N–H and O–H groups in total. The highest BCUT2D eigenvalue weighted by Crippen LogP contribution is 2.23. The molecule has 0 saturated carbocycles. The number of rotatable bonds is 14. The highest BCUT2D eigenvalue weighted by atomic mass is 14.1. The first-order valence-corrected chi connectivity index (χ1v) is 9.76. The topological polar surface area (TPSA) is 0 Å². The van der Waals surface area contributed by atoms with Crippen molar-refractivity contribution in [2.45, 2.75) is 96.7 Å². The van der Waals surface area contributed by atoms with Crippen molar-refractivity contribution in [1.82, 2.24) is 0 Å². The Morgan fingerprint density at radius 2 is 1.18 bits per heavy atom. The summed E-state index contributed by atoms with van der Waals surface area (Å²) in [6.45, 7) is 4.59. The zero-order chi connectivity index (χ0) is 15.9. The summed E-state index contributed by atoms with van der Waals surface area (Å²) in [5.74, 6) is 0.783. The lowest BCUT2D eigenvalue weighted by molar-refractivity contribution is 0.541. The normalized spacial score (nSPS) is 11.0. The Hall–Kier alpha value is -0.715. The van der Waals surface area contributed by atoms with Crippen molar-refractivity contribution in [2.24, 2.45) is 0 Å². The van der Waals surface area contributed by atoms with Crippen molar-refractivity contribution in [1.29, 1.82) is 0 Å². The van der Waals surface area contributed by atoms with E-state index >= 15 is 0 Å². The van der Waals surface area contributed by atoms with Crippen LogP contribution in [0.15, 0.2) is 30.3 Å². The van der Waals surface area contributed by atoms with E-state index in [0.717, 1.165) is 5.82 Å². The fourth-order valence-electron chi connectivity index (χ4n) is 3.17. The van der Waals surface area contributed by atoms with Crippen LogP contribution in [0.5, 0.6) is 0 Å². The summed E-state index contributed by atoms with van der Waals surface area (Å²) in [5.41, 5.74) is 1.41. The molecule has 0 spiro atoms. The minimum atomic E-state index is 0.783. The predicted molar refractivity (Wildman–Crippen MR) is 102 cm³/mol. The molecule has 0 amide bonds. The third-order valence-corrected chi connectivity index (χ3v) is 4.58. The molecular weight excluding hydrogens is 263 g/mol. The highest BCUT2D eigenvalue weighted by Gasteiger charge is 2.11. The zero-order valence-electron chi connectivity index (χ0n) is 15.0. The van der Waals surface area contributed by atoms with Gasteiger partial charge in [0.1, 0.15) is 0 Å². The number of benzene rings is 1. The Morgan fingerprint density at radius 1 is 0.682 bits per heavy atom. The first-order valence-electron chi connectivity index (χ1n) is 9.76. The van der Waals surface area contributed by atoms with Crippen LogP contribution in [0.2, 0.25) is 5.82 Å². The van der Waals surface area contributed by atoms with E-state index in [9.17, 15) is 0 Å². The number of unbranched alkanes of at least 4 members (excludes halogenated alkanes) is 8. The molecule has 0 fully saturated rings. The molecule has 0 unspecified atom stereocenters. The highest BCUT2D eigenvalue weighted by molar-refractivity contribution is 6.54. The Bertz CT molecular complexity index is 319. The van der Waals surface area contributed by atoms with E-state index in [1.807, 2.05) is 0 Å². The Kier molecular flexibility index (Phi) is 12.2. The van der Waals surface area contributed by atoms with Gasteiger partial charge in [-0.3, -0.25) is 0 Å². The minimum Gasteiger partial charge on any atom is -0.0875 e. The number of hydrogen-bond acceptors (Lipinski definition) is 0. The van der Waals surface area contributed by atoms with E-state index in [1.54, 1.807) is 0 Å². The second-order valence-electron chi connectivity index (χ2n) is 6.74. The smallest absolute Gasteiger partial charge is 0.0875 e. The van der Waals surface area contributed by atoms with E-state index in [1.165, 1.54) is 82.5 Å². The Labute approximate surface area is 140 Å². The molecule has 1 heteroatoms. The molecule has 1 rings (SSSR count). The first-order chi connectivity index (χ1) is 10.9. The molecule has 22 heavy (non-hydrogen) atoms. The molecule has 0 atom stereocenters. The molecule has 0 aromatic heterocycles. The van der Waals surface area contributed by atoms with Gasteiger partial charge < -0.3 is 0 Å². The molecule has 0 aliphatic carbocycles. The molecule has 0 bridgehead atoms. The summed E-state index contributed by atoms with van der Waals surface area (Å²) in [6.07, 6.45) is 16.8. The van der Waals surface area contributed by atoms with Crippen molar-refractivity contribution in [3.63, 3.8) is 0 Å². The van der Waals surface area contributed by atoms with Crippen LogP contribution in [0.1, 0.15) is 90.9 Å². The van der Waals surface area contributed by atoms with Crippen LogP contribution in [0.3, 0.4) is 0 Å². The third kappa shape index (κ3) is 10.1. The van der Waals surface area contributed by atoms with Gasteiger partial charge in [-0.05, 0) is 0 Å². The molecule has 1 aromatic carbocycles. The largest absolute Gasteiger partial charge is 0.154 e. The molecule has 0 saturated heterocycles. The van der Waals surface area contributed by atoms with Crippen molar-refractivity contribution < 1.29 is 0 Å². The minimum absolute atomic E-state index is 0.783. The van der Waals surface area contributed by atoms with Gasteiger partial charge in [-0.25, -0.2) is 0 Å². The van der Waals surface area contributed by atoms with Gasteiger partial charge in [-0.2, -0.15) is 0 Å². The van der Waals surface area contributed by atoms with Gasteiger partial charge >= 0.3 is 0 Å². The lowest BCUT2D eigenvalue weighted by Crippen LogP contribution is -2.19. The van der Waals surface area contributed by atoms with Crippen LogP contribution in [0.25, 0.3) is 0 Å². The monoisotopic (exact) mass is 299 g/mol. The number of hydrogen-bond donors (Lipinski definition) is 0. The maximum absolute atomic E-state index is 2.53. The average molecular weight is 299 g/mol. The molecule has 1 aromatic rings. The van der Waals surface area contributed by atoms with Crippen LogP contribution in [0.4, 0.5) is 0 Å². The third-order valence-electron chi connectivity index (χ3n) is 4.58.